The summed E-state index contributed by atoms with van der Waals surface area (Å²) in [6.07, 6.45) is -1.17. The van der Waals surface area contributed by atoms with Gasteiger partial charge in [0, 0.05) is 22.6 Å². The van der Waals surface area contributed by atoms with Gasteiger partial charge in [0.1, 0.15) is 11.3 Å². The Morgan fingerprint density at radius 1 is 0.966 bits per heavy atom. The molecule has 1 N–H and O–H groups in total. The molecule has 0 saturated carbocycles. The first-order valence-electron chi connectivity index (χ1n) is 9.12. The molecule has 0 bridgehead atoms. The SMILES string of the molecule is Cc1c(O[C@@H](C(=O)O)c2ccccc2)ccc2c(-c3ccccc3)cc(=O)oc12. The van der Waals surface area contributed by atoms with E-state index in [1.165, 1.54) is 6.07 Å². The average Bonchev–Trinajstić information content (AvgIpc) is 2.74. The zero-order valence-electron chi connectivity index (χ0n) is 15.7. The Morgan fingerprint density at radius 2 is 1.62 bits per heavy atom. The predicted octanol–water partition coefficient (Wildman–Crippen LogP) is 4.97. The van der Waals surface area contributed by atoms with Crippen molar-refractivity contribution in [2.24, 2.45) is 0 Å². The number of carbonyl (C=O) groups is 1. The number of aryl methyl sites for hydroxylation is 1. The monoisotopic (exact) mass is 386 g/mol. The molecule has 29 heavy (non-hydrogen) atoms. The predicted molar refractivity (Wildman–Crippen MR) is 110 cm³/mol. The molecule has 4 rings (SSSR count). The summed E-state index contributed by atoms with van der Waals surface area (Å²) in [5, 5.41) is 10.4. The van der Waals surface area contributed by atoms with Crippen molar-refractivity contribution >= 4 is 16.9 Å². The molecule has 0 saturated heterocycles. The van der Waals surface area contributed by atoms with Crippen LogP contribution in [0.3, 0.4) is 0 Å². The maximum atomic E-state index is 12.2. The lowest BCUT2D eigenvalue weighted by Crippen LogP contribution is -2.18. The second-order valence-electron chi connectivity index (χ2n) is 6.66. The van der Waals surface area contributed by atoms with Crippen molar-refractivity contribution in [1.82, 2.24) is 0 Å². The summed E-state index contributed by atoms with van der Waals surface area (Å²) in [6.45, 7) is 1.75. The third-order valence-electron chi connectivity index (χ3n) is 4.77. The highest BCUT2D eigenvalue weighted by molar-refractivity contribution is 5.95. The van der Waals surface area contributed by atoms with E-state index in [-0.39, 0.29) is 0 Å². The fourth-order valence-corrected chi connectivity index (χ4v) is 3.34. The van der Waals surface area contributed by atoms with Crippen LogP contribution in [0.1, 0.15) is 17.2 Å². The molecule has 0 radical (unpaired) electrons. The van der Waals surface area contributed by atoms with E-state index < -0.39 is 17.7 Å². The fourth-order valence-electron chi connectivity index (χ4n) is 3.34. The Labute approximate surface area is 166 Å². The molecule has 5 nitrogen and oxygen atoms in total. The van der Waals surface area contributed by atoms with Crippen LogP contribution in [0.25, 0.3) is 22.1 Å². The van der Waals surface area contributed by atoms with E-state index in [0.29, 0.717) is 22.5 Å². The number of ether oxygens (including phenoxy) is 1. The molecule has 5 heteroatoms. The van der Waals surface area contributed by atoms with Gasteiger partial charge in [0.2, 0.25) is 6.10 Å². The minimum atomic E-state index is -1.17. The summed E-state index contributed by atoms with van der Waals surface area (Å²) in [5.41, 5.74) is 2.65. The maximum absolute atomic E-state index is 12.2. The molecular weight excluding hydrogens is 368 g/mol. The lowest BCUT2D eigenvalue weighted by atomic mass is 10.00. The van der Waals surface area contributed by atoms with Crippen molar-refractivity contribution in [3.63, 3.8) is 0 Å². The van der Waals surface area contributed by atoms with Crippen molar-refractivity contribution in [2.45, 2.75) is 13.0 Å². The lowest BCUT2D eigenvalue weighted by Gasteiger charge is -2.18. The zero-order valence-corrected chi connectivity index (χ0v) is 15.7. The number of benzene rings is 3. The van der Waals surface area contributed by atoms with E-state index >= 15 is 0 Å². The van der Waals surface area contributed by atoms with Crippen LogP contribution in [0, 0.1) is 6.92 Å². The van der Waals surface area contributed by atoms with Crippen LogP contribution >= 0.6 is 0 Å². The number of carboxylic acid groups (broad SMARTS) is 1. The van der Waals surface area contributed by atoms with Gasteiger partial charge in [-0.2, -0.15) is 0 Å². The summed E-state index contributed by atoms with van der Waals surface area (Å²) in [5.74, 6) is -0.752. The lowest BCUT2D eigenvalue weighted by molar-refractivity contribution is -0.145. The molecule has 1 atom stereocenters. The normalized spacial score (nSPS) is 11.9. The highest BCUT2D eigenvalue weighted by Crippen LogP contribution is 2.34. The van der Waals surface area contributed by atoms with Gasteiger partial charge in [0.15, 0.2) is 0 Å². The van der Waals surface area contributed by atoms with Gasteiger partial charge < -0.3 is 14.3 Å². The molecule has 1 heterocycles. The van der Waals surface area contributed by atoms with Gasteiger partial charge in [0.05, 0.1) is 0 Å². The Kier molecular flexibility index (Phi) is 4.87. The van der Waals surface area contributed by atoms with Gasteiger partial charge in [-0.3, -0.25) is 0 Å². The Hall–Kier alpha value is -3.86. The number of hydrogen-bond acceptors (Lipinski definition) is 4. The van der Waals surface area contributed by atoms with Gasteiger partial charge in [-0.1, -0.05) is 60.7 Å². The van der Waals surface area contributed by atoms with Crippen molar-refractivity contribution in [3.8, 4) is 16.9 Å². The van der Waals surface area contributed by atoms with Crippen LogP contribution in [0.15, 0.2) is 88.1 Å². The molecule has 3 aromatic carbocycles. The summed E-state index contributed by atoms with van der Waals surface area (Å²) in [7, 11) is 0. The van der Waals surface area contributed by atoms with Crippen molar-refractivity contribution in [3.05, 3.63) is 100 Å². The second kappa shape index (κ2) is 7.64. The summed E-state index contributed by atoms with van der Waals surface area (Å²) in [4.78, 5) is 24.0. The van der Waals surface area contributed by atoms with E-state index in [1.807, 2.05) is 36.4 Å². The van der Waals surface area contributed by atoms with E-state index in [9.17, 15) is 14.7 Å². The molecule has 144 valence electrons. The molecule has 0 unspecified atom stereocenters. The van der Waals surface area contributed by atoms with Crippen molar-refractivity contribution in [2.75, 3.05) is 0 Å². The number of rotatable bonds is 5. The van der Waals surface area contributed by atoms with Crippen LogP contribution in [-0.2, 0) is 4.79 Å². The first-order valence-corrected chi connectivity index (χ1v) is 9.12. The van der Waals surface area contributed by atoms with Crippen LogP contribution in [0.5, 0.6) is 5.75 Å². The fraction of sp³-hybridized carbons (Fsp3) is 0.0833. The van der Waals surface area contributed by atoms with E-state index in [4.69, 9.17) is 9.15 Å². The number of aliphatic carboxylic acids is 1. The van der Waals surface area contributed by atoms with Crippen LogP contribution in [0.4, 0.5) is 0 Å². The average molecular weight is 386 g/mol. The maximum Gasteiger partial charge on any atom is 0.349 e. The van der Waals surface area contributed by atoms with Gasteiger partial charge in [-0.25, -0.2) is 9.59 Å². The molecule has 0 amide bonds. The molecule has 0 spiro atoms. The molecular formula is C24H18O5. The summed E-state index contributed by atoms with van der Waals surface area (Å²) >= 11 is 0. The molecule has 1 aromatic heterocycles. The van der Waals surface area contributed by atoms with Crippen LogP contribution in [0.2, 0.25) is 0 Å². The smallest absolute Gasteiger partial charge is 0.349 e. The third kappa shape index (κ3) is 3.62. The highest BCUT2D eigenvalue weighted by Gasteiger charge is 2.23. The minimum absolute atomic E-state index is 0.349. The molecule has 4 aromatic rings. The Balaban J connectivity index is 1.83. The van der Waals surface area contributed by atoms with E-state index in [1.54, 1.807) is 43.3 Å². The number of fused-ring (bicyclic) bond motifs is 1. The quantitative estimate of drug-likeness (QED) is 0.490. The van der Waals surface area contributed by atoms with E-state index in [2.05, 4.69) is 0 Å². The van der Waals surface area contributed by atoms with Crippen LogP contribution < -0.4 is 10.4 Å². The second-order valence-corrected chi connectivity index (χ2v) is 6.66. The topological polar surface area (TPSA) is 76.7 Å². The van der Waals surface area contributed by atoms with E-state index in [0.717, 1.165) is 16.5 Å². The molecule has 0 aliphatic heterocycles. The first kappa shape index (κ1) is 18.5. The number of carboxylic acids is 1. The molecule has 0 aliphatic rings. The first-order chi connectivity index (χ1) is 14.0. The largest absolute Gasteiger partial charge is 0.478 e. The Bertz CT molecular complexity index is 1230. The van der Waals surface area contributed by atoms with Crippen molar-refractivity contribution in [1.29, 1.82) is 0 Å². The standard InChI is InChI=1S/C24H18O5/c1-15-20(28-23(24(26)27)17-10-6-3-7-11-17)13-12-18-19(14-21(25)29-22(15)18)16-8-4-2-5-9-16/h2-14,23H,1H3,(H,26,27)/t23-/m1/s1. The van der Waals surface area contributed by atoms with Crippen molar-refractivity contribution < 1.29 is 19.1 Å². The molecule has 0 fully saturated rings. The van der Waals surface area contributed by atoms with Gasteiger partial charge in [-0.05, 0) is 30.2 Å². The molecule has 0 aliphatic carbocycles. The Morgan fingerprint density at radius 3 is 2.28 bits per heavy atom. The summed E-state index contributed by atoms with van der Waals surface area (Å²) in [6, 6.07) is 23.2. The van der Waals surface area contributed by atoms with Gasteiger partial charge in [0.25, 0.3) is 0 Å². The minimum Gasteiger partial charge on any atom is -0.478 e. The zero-order chi connectivity index (χ0) is 20.4. The number of hydrogen-bond donors (Lipinski definition) is 1. The highest BCUT2D eigenvalue weighted by atomic mass is 16.5. The summed E-state index contributed by atoms with van der Waals surface area (Å²) < 4.78 is 11.3. The van der Waals surface area contributed by atoms with Crippen LogP contribution in [-0.4, -0.2) is 11.1 Å². The van der Waals surface area contributed by atoms with Gasteiger partial charge >= 0.3 is 11.6 Å². The third-order valence-corrected chi connectivity index (χ3v) is 4.77. The van der Waals surface area contributed by atoms with Gasteiger partial charge in [-0.15, -0.1) is 0 Å².